The summed E-state index contributed by atoms with van der Waals surface area (Å²) in [5, 5.41) is 5.61. The maximum Gasteiger partial charge on any atom is 0.265 e. The van der Waals surface area contributed by atoms with Crippen molar-refractivity contribution in [3.05, 3.63) is 54.1 Å². The first-order valence-electron chi connectivity index (χ1n) is 9.74. The Bertz CT molecular complexity index is 944. The number of hydrogen-bond donors (Lipinski definition) is 2. The maximum atomic E-state index is 12.7. The molecule has 2 heterocycles. The molecule has 2 N–H and O–H groups in total. The minimum absolute atomic E-state index is 0.00109. The SMILES string of the molecule is C[C@H]1Oc2ccc(NC(=O)[C@H]3CC(=O)N(CCc4ccccc4)C3)cc2NC1=O. The molecule has 4 rings (SSSR count). The van der Waals surface area contributed by atoms with E-state index >= 15 is 0 Å². The first-order valence-corrected chi connectivity index (χ1v) is 9.74. The summed E-state index contributed by atoms with van der Waals surface area (Å²) in [5.74, 6) is -0.243. The average Bonchev–Trinajstić information content (AvgIpc) is 3.09. The Kier molecular flexibility index (Phi) is 5.20. The zero-order chi connectivity index (χ0) is 20.4. The molecule has 0 aliphatic carbocycles. The van der Waals surface area contributed by atoms with Gasteiger partial charge in [-0.15, -0.1) is 0 Å². The predicted molar refractivity (Wildman–Crippen MR) is 109 cm³/mol. The van der Waals surface area contributed by atoms with Crippen LogP contribution in [0.25, 0.3) is 0 Å². The Hall–Kier alpha value is -3.35. The van der Waals surface area contributed by atoms with Gasteiger partial charge in [-0.05, 0) is 37.1 Å². The van der Waals surface area contributed by atoms with Crippen molar-refractivity contribution in [3.8, 4) is 5.75 Å². The lowest BCUT2D eigenvalue weighted by atomic mass is 10.1. The lowest BCUT2D eigenvalue weighted by molar-refractivity contribution is -0.128. The second-order valence-electron chi connectivity index (χ2n) is 7.43. The van der Waals surface area contributed by atoms with Crippen molar-refractivity contribution < 1.29 is 19.1 Å². The number of rotatable bonds is 5. The highest BCUT2D eigenvalue weighted by atomic mass is 16.5. The Morgan fingerprint density at radius 2 is 2.00 bits per heavy atom. The van der Waals surface area contributed by atoms with Gasteiger partial charge in [0, 0.05) is 25.2 Å². The molecule has 0 bridgehead atoms. The van der Waals surface area contributed by atoms with Crippen molar-refractivity contribution in [2.45, 2.75) is 25.9 Å². The number of nitrogens with one attached hydrogen (secondary N) is 2. The molecule has 3 amide bonds. The smallest absolute Gasteiger partial charge is 0.265 e. The van der Waals surface area contributed by atoms with Gasteiger partial charge in [0.1, 0.15) is 5.75 Å². The molecule has 1 saturated heterocycles. The zero-order valence-electron chi connectivity index (χ0n) is 16.2. The molecule has 0 aromatic heterocycles. The van der Waals surface area contributed by atoms with E-state index in [0.717, 1.165) is 6.42 Å². The molecule has 0 radical (unpaired) electrons. The molecule has 0 saturated carbocycles. The van der Waals surface area contributed by atoms with Crippen LogP contribution in [0, 0.1) is 5.92 Å². The molecular weight excluding hydrogens is 370 g/mol. The van der Waals surface area contributed by atoms with E-state index in [1.54, 1.807) is 30.0 Å². The summed E-state index contributed by atoms with van der Waals surface area (Å²) >= 11 is 0. The van der Waals surface area contributed by atoms with Gasteiger partial charge in [0.15, 0.2) is 6.10 Å². The third kappa shape index (κ3) is 4.23. The molecule has 1 fully saturated rings. The van der Waals surface area contributed by atoms with Gasteiger partial charge in [-0.1, -0.05) is 30.3 Å². The highest BCUT2D eigenvalue weighted by molar-refractivity contribution is 6.00. The Morgan fingerprint density at radius 3 is 2.79 bits per heavy atom. The van der Waals surface area contributed by atoms with Crippen LogP contribution >= 0.6 is 0 Å². The Labute approximate surface area is 169 Å². The standard InChI is InChI=1S/C22H23N3O4/c1-14-21(27)24-18-12-17(7-8-19(18)29-14)23-22(28)16-11-20(26)25(13-16)10-9-15-5-3-2-4-6-15/h2-8,12,14,16H,9-11,13H2,1H3,(H,23,28)(H,24,27)/t14-,16+/m1/s1. The summed E-state index contributed by atoms with van der Waals surface area (Å²) in [6, 6.07) is 15.1. The van der Waals surface area contributed by atoms with E-state index < -0.39 is 6.10 Å². The quantitative estimate of drug-likeness (QED) is 0.817. The number of ether oxygens (including phenoxy) is 1. The molecule has 7 nitrogen and oxygen atoms in total. The largest absolute Gasteiger partial charge is 0.479 e. The second kappa shape index (κ2) is 7.95. The summed E-state index contributed by atoms with van der Waals surface area (Å²) in [7, 11) is 0. The molecule has 0 unspecified atom stereocenters. The monoisotopic (exact) mass is 393 g/mol. The average molecular weight is 393 g/mol. The number of hydrogen-bond acceptors (Lipinski definition) is 4. The molecule has 2 aliphatic heterocycles. The minimum Gasteiger partial charge on any atom is -0.479 e. The molecule has 2 atom stereocenters. The van der Waals surface area contributed by atoms with Gasteiger partial charge in [0.2, 0.25) is 11.8 Å². The summed E-state index contributed by atoms with van der Waals surface area (Å²) in [5.41, 5.74) is 2.25. The number of likely N-dealkylation sites (tertiary alicyclic amines) is 1. The highest BCUT2D eigenvalue weighted by Gasteiger charge is 2.34. The molecule has 150 valence electrons. The van der Waals surface area contributed by atoms with Crippen molar-refractivity contribution in [2.24, 2.45) is 5.92 Å². The van der Waals surface area contributed by atoms with E-state index in [-0.39, 0.29) is 30.1 Å². The van der Waals surface area contributed by atoms with Crippen LogP contribution in [0.2, 0.25) is 0 Å². The third-order valence-corrected chi connectivity index (χ3v) is 5.28. The molecule has 7 heteroatoms. The van der Waals surface area contributed by atoms with Crippen LogP contribution in [-0.2, 0) is 20.8 Å². The van der Waals surface area contributed by atoms with E-state index in [1.807, 2.05) is 30.3 Å². The fourth-order valence-electron chi connectivity index (χ4n) is 3.60. The number of carbonyl (C=O) groups excluding carboxylic acids is 3. The Morgan fingerprint density at radius 1 is 1.21 bits per heavy atom. The van der Waals surface area contributed by atoms with Crippen molar-refractivity contribution in [1.82, 2.24) is 4.90 Å². The molecule has 29 heavy (non-hydrogen) atoms. The lowest BCUT2D eigenvalue weighted by Gasteiger charge is -2.24. The number of benzene rings is 2. The van der Waals surface area contributed by atoms with Gasteiger partial charge in [-0.2, -0.15) is 0 Å². The van der Waals surface area contributed by atoms with E-state index in [2.05, 4.69) is 10.6 Å². The van der Waals surface area contributed by atoms with Crippen LogP contribution in [0.3, 0.4) is 0 Å². The molecule has 2 aromatic rings. The normalized spacial score (nSPS) is 20.7. The molecule has 0 spiro atoms. The number of anilines is 2. The fraction of sp³-hybridized carbons (Fsp3) is 0.318. The van der Waals surface area contributed by atoms with E-state index in [1.165, 1.54) is 5.56 Å². The van der Waals surface area contributed by atoms with Crippen molar-refractivity contribution >= 4 is 29.1 Å². The van der Waals surface area contributed by atoms with E-state index in [0.29, 0.717) is 30.2 Å². The number of carbonyl (C=O) groups is 3. The van der Waals surface area contributed by atoms with Crippen molar-refractivity contribution in [1.29, 1.82) is 0 Å². The number of fused-ring (bicyclic) bond motifs is 1. The fourth-order valence-corrected chi connectivity index (χ4v) is 3.60. The van der Waals surface area contributed by atoms with Crippen LogP contribution in [0.1, 0.15) is 18.9 Å². The molecule has 2 aliphatic rings. The van der Waals surface area contributed by atoms with Gasteiger partial charge in [0.25, 0.3) is 5.91 Å². The lowest BCUT2D eigenvalue weighted by Crippen LogP contribution is -2.34. The van der Waals surface area contributed by atoms with Crippen LogP contribution in [0.4, 0.5) is 11.4 Å². The number of amides is 3. The topological polar surface area (TPSA) is 87.7 Å². The first kappa shape index (κ1) is 19.0. The van der Waals surface area contributed by atoms with Crippen molar-refractivity contribution in [2.75, 3.05) is 23.7 Å². The summed E-state index contributed by atoms with van der Waals surface area (Å²) in [6.45, 7) is 2.70. The van der Waals surface area contributed by atoms with Crippen LogP contribution in [-0.4, -0.2) is 41.8 Å². The molecule has 2 aromatic carbocycles. The predicted octanol–water partition coefficient (Wildman–Crippen LogP) is 2.44. The summed E-state index contributed by atoms with van der Waals surface area (Å²) in [6.07, 6.45) is 0.432. The highest BCUT2D eigenvalue weighted by Crippen LogP contribution is 2.32. The van der Waals surface area contributed by atoms with Gasteiger partial charge in [-0.3, -0.25) is 14.4 Å². The number of nitrogens with zero attached hydrogens (tertiary/aromatic N) is 1. The minimum atomic E-state index is -0.547. The van der Waals surface area contributed by atoms with Crippen LogP contribution in [0.5, 0.6) is 5.75 Å². The third-order valence-electron chi connectivity index (χ3n) is 5.28. The maximum absolute atomic E-state index is 12.7. The van der Waals surface area contributed by atoms with Gasteiger partial charge < -0.3 is 20.3 Å². The zero-order valence-corrected chi connectivity index (χ0v) is 16.2. The second-order valence-corrected chi connectivity index (χ2v) is 7.43. The van der Waals surface area contributed by atoms with Gasteiger partial charge in [-0.25, -0.2) is 0 Å². The summed E-state index contributed by atoms with van der Waals surface area (Å²) < 4.78 is 5.52. The van der Waals surface area contributed by atoms with E-state index in [4.69, 9.17) is 4.74 Å². The van der Waals surface area contributed by atoms with Crippen LogP contribution < -0.4 is 15.4 Å². The molecular formula is C22H23N3O4. The van der Waals surface area contributed by atoms with Gasteiger partial charge in [0.05, 0.1) is 11.6 Å². The van der Waals surface area contributed by atoms with Crippen LogP contribution in [0.15, 0.2) is 48.5 Å². The summed E-state index contributed by atoms with van der Waals surface area (Å²) in [4.78, 5) is 38.5. The van der Waals surface area contributed by atoms with Crippen molar-refractivity contribution in [3.63, 3.8) is 0 Å². The van der Waals surface area contributed by atoms with Gasteiger partial charge >= 0.3 is 0 Å². The Balaban J connectivity index is 1.35. The van der Waals surface area contributed by atoms with E-state index in [9.17, 15) is 14.4 Å². The first-order chi connectivity index (χ1) is 14.0.